The van der Waals surface area contributed by atoms with Crippen molar-refractivity contribution in [1.29, 1.82) is 0 Å². The predicted octanol–water partition coefficient (Wildman–Crippen LogP) is 3.93. The van der Waals surface area contributed by atoms with Gasteiger partial charge in [0.05, 0.1) is 5.75 Å². The monoisotopic (exact) mass is 400 g/mol. The van der Waals surface area contributed by atoms with E-state index < -0.39 is 0 Å². The van der Waals surface area contributed by atoms with Crippen molar-refractivity contribution in [3.63, 3.8) is 0 Å². The second-order valence-corrected chi connectivity index (χ2v) is 7.44. The molecule has 0 unspecified atom stereocenters. The van der Waals surface area contributed by atoms with Crippen LogP contribution in [-0.2, 0) is 4.79 Å². The summed E-state index contributed by atoms with van der Waals surface area (Å²) in [6.45, 7) is 1.59. The van der Waals surface area contributed by atoms with Gasteiger partial charge in [0.1, 0.15) is 11.6 Å². The van der Waals surface area contributed by atoms with E-state index in [1.54, 1.807) is 28.8 Å². The summed E-state index contributed by atoms with van der Waals surface area (Å²) in [4.78, 5) is 14.2. The quantitative estimate of drug-likeness (QED) is 0.609. The molecule has 1 aliphatic heterocycles. The molecule has 8 heteroatoms. The van der Waals surface area contributed by atoms with Gasteiger partial charge in [0.25, 0.3) is 0 Å². The Morgan fingerprint density at radius 3 is 2.18 bits per heavy atom. The molecule has 0 spiro atoms. The van der Waals surface area contributed by atoms with Crippen molar-refractivity contribution >= 4 is 17.7 Å². The van der Waals surface area contributed by atoms with Crippen LogP contribution in [0.4, 0.5) is 8.78 Å². The molecule has 28 heavy (non-hydrogen) atoms. The molecule has 1 saturated heterocycles. The maximum atomic E-state index is 13.4. The number of carbonyl (C=O) groups is 1. The van der Waals surface area contributed by atoms with Crippen LogP contribution in [-0.4, -0.2) is 44.4 Å². The number of hydrogen-bond acceptors (Lipinski definition) is 4. The van der Waals surface area contributed by atoms with Crippen LogP contribution >= 0.6 is 11.8 Å². The fourth-order valence-electron chi connectivity index (χ4n) is 3.16. The van der Waals surface area contributed by atoms with Gasteiger partial charge >= 0.3 is 0 Å². The first kappa shape index (κ1) is 18.6. The highest BCUT2D eigenvalue weighted by Crippen LogP contribution is 2.28. The minimum atomic E-state index is -0.349. The maximum Gasteiger partial charge on any atom is 0.233 e. The van der Waals surface area contributed by atoms with Crippen LogP contribution < -0.4 is 0 Å². The molecule has 0 atom stereocenters. The standard InChI is InChI=1S/C20H18F2N4OS/c21-15-5-3-14(4-6-15)19-23-24-20(26(19)17-9-7-16(22)8-10-17)28-13-18(27)25-11-1-2-12-25/h3-10H,1-2,11-13H2. The van der Waals surface area contributed by atoms with Gasteiger partial charge in [-0.1, -0.05) is 11.8 Å². The molecule has 1 aliphatic rings. The lowest BCUT2D eigenvalue weighted by atomic mass is 10.2. The van der Waals surface area contributed by atoms with Crippen molar-refractivity contribution in [1.82, 2.24) is 19.7 Å². The van der Waals surface area contributed by atoms with E-state index in [9.17, 15) is 13.6 Å². The number of rotatable bonds is 5. The third-order valence-corrected chi connectivity index (χ3v) is 5.52. The summed E-state index contributed by atoms with van der Waals surface area (Å²) < 4.78 is 28.4. The maximum absolute atomic E-state index is 13.4. The first-order chi connectivity index (χ1) is 13.6. The van der Waals surface area contributed by atoms with Gasteiger partial charge in [-0.2, -0.15) is 0 Å². The number of thioether (sulfide) groups is 1. The fourth-order valence-corrected chi connectivity index (χ4v) is 4.01. The molecule has 0 radical (unpaired) electrons. The number of nitrogens with zero attached hydrogens (tertiary/aromatic N) is 4. The van der Waals surface area contributed by atoms with E-state index in [4.69, 9.17) is 0 Å². The average molecular weight is 400 g/mol. The lowest BCUT2D eigenvalue weighted by molar-refractivity contribution is -0.127. The smallest absolute Gasteiger partial charge is 0.233 e. The highest BCUT2D eigenvalue weighted by atomic mass is 32.2. The van der Waals surface area contributed by atoms with E-state index in [0.29, 0.717) is 22.2 Å². The molecule has 1 fully saturated rings. The van der Waals surface area contributed by atoms with Crippen LogP contribution in [0.2, 0.25) is 0 Å². The third-order valence-electron chi connectivity index (χ3n) is 4.60. The van der Waals surface area contributed by atoms with Crippen LogP contribution in [0.1, 0.15) is 12.8 Å². The molecular formula is C20H18F2N4OS. The molecule has 1 amide bonds. The van der Waals surface area contributed by atoms with E-state index in [0.717, 1.165) is 25.9 Å². The fraction of sp³-hybridized carbons (Fsp3) is 0.250. The largest absolute Gasteiger partial charge is 0.342 e. The van der Waals surface area contributed by atoms with E-state index in [2.05, 4.69) is 10.2 Å². The molecule has 0 saturated carbocycles. The van der Waals surface area contributed by atoms with E-state index in [-0.39, 0.29) is 23.3 Å². The number of benzene rings is 2. The number of likely N-dealkylation sites (tertiary alicyclic amines) is 1. The molecule has 0 aliphatic carbocycles. The molecule has 5 nitrogen and oxygen atoms in total. The summed E-state index contributed by atoms with van der Waals surface area (Å²) >= 11 is 1.29. The Bertz CT molecular complexity index is 967. The van der Waals surface area contributed by atoms with Gasteiger partial charge in [-0.15, -0.1) is 10.2 Å². The zero-order valence-corrected chi connectivity index (χ0v) is 15.8. The normalized spacial score (nSPS) is 13.9. The second-order valence-electron chi connectivity index (χ2n) is 6.50. The second kappa shape index (κ2) is 8.10. The Balaban J connectivity index is 1.66. The topological polar surface area (TPSA) is 51.0 Å². The Hall–Kier alpha value is -2.74. The Labute approximate surface area is 165 Å². The average Bonchev–Trinajstić information content (AvgIpc) is 3.38. The predicted molar refractivity (Wildman–Crippen MR) is 103 cm³/mol. The van der Waals surface area contributed by atoms with Crippen LogP contribution in [0.5, 0.6) is 0 Å². The third kappa shape index (κ3) is 3.91. The van der Waals surface area contributed by atoms with Gasteiger partial charge in [-0.25, -0.2) is 8.78 Å². The van der Waals surface area contributed by atoms with Crippen LogP contribution in [0.15, 0.2) is 53.7 Å². The van der Waals surface area contributed by atoms with Gasteiger partial charge in [0, 0.05) is 24.3 Å². The summed E-state index contributed by atoms with van der Waals surface area (Å²) in [6.07, 6.45) is 2.08. The van der Waals surface area contributed by atoms with Crippen LogP contribution in [0, 0.1) is 11.6 Å². The first-order valence-electron chi connectivity index (χ1n) is 9.00. The highest BCUT2D eigenvalue weighted by Gasteiger charge is 2.21. The van der Waals surface area contributed by atoms with Gasteiger partial charge in [-0.05, 0) is 61.4 Å². The van der Waals surface area contributed by atoms with Crippen molar-refractivity contribution < 1.29 is 13.6 Å². The minimum Gasteiger partial charge on any atom is -0.342 e. The van der Waals surface area contributed by atoms with Crippen molar-refractivity contribution in [3.05, 3.63) is 60.2 Å². The Morgan fingerprint density at radius 1 is 0.929 bits per heavy atom. The van der Waals surface area contributed by atoms with Crippen molar-refractivity contribution in [3.8, 4) is 17.1 Å². The van der Waals surface area contributed by atoms with E-state index in [1.807, 2.05) is 4.90 Å². The van der Waals surface area contributed by atoms with Crippen LogP contribution in [0.25, 0.3) is 17.1 Å². The minimum absolute atomic E-state index is 0.0690. The zero-order chi connectivity index (χ0) is 19.5. The molecule has 3 aromatic rings. The number of aromatic nitrogens is 3. The van der Waals surface area contributed by atoms with Crippen molar-refractivity contribution in [2.24, 2.45) is 0 Å². The molecule has 2 aromatic carbocycles. The summed E-state index contributed by atoms with van der Waals surface area (Å²) in [5.74, 6) is 0.131. The SMILES string of the molecule is O=C(CSc1nnc(-c2ccc(F)cc2)n1-c1ccc(F)cc1)N1CCCC1. The van der Waals surface area contributed by atoms with Gasteiger partial charge in [0.15, 0.2) is 11.0 Å². The molecule has 0 N–H and O–H groups in total. The lowest BCUT2D eigenvalue weighted by Crippen LogP contribution is -2.29. The Morgan fingerprint density at radius 2 is 1.54 bits per heavy atom. The lowest BCUT2D eigenvalue weighted by Gasteiger charge is -2.15. The molecule has 1 aromatic heterocycles. The number of carbonyl (C=O) groups excluding carboxylic acids is 1. The first-order valence-corrected chi connectivity index (χ1v) is 9.98. The molecular weight excluding hydrogens is 382 g/mol. The van der Waals surface area contributed by atoms with E-state index in [1.165, 1.54) is 36.0 Å². The van der Waals surface area contributed by atoms with Crippen molar-refractivity contribution in [2.75, 3.05) is 18.8 Å². The summed E-state index contributed by atoms with van der Waals surface area (Å²) in [7, 11) is 0. The molecule has 144 valence electrons. The molecule has 4 rings (SSSR count). The van der Waals surface area contributed by atoms with E-state index >= 15 is 0 Å². The van der Waals surface area contributed by atoms with Gasteiger partial charge in [-0.3, -0.25) is 9.36 Å². The Kier molecular flexibility index (Phi) is 5.38. The zero-order valence-electron chi connectivity index (χ0n) is 15.0. The number of hydrogen-bond donors (Lipinski definition) is 0. The van der Waals surface area contributed by atoms with Gasteiger partial charge < -0.3 is 4.90 Å². The van der Waals surface area contributed by atoms with Crippen LogP contribution in [0.3, 0.4) is 0 Å². The highest BCUT2D eigenvalue weighted by molar-refractivity contribution is 7.99. The number of amides is 1. The van der Waals surface area contributed by atoms with Crippen molar-refractivity contribution in [2.45, 2.75) is 18.0 Å². The van der Waals surface area contributed by atoms with Gasteiger partial charge in [0.2, 0.25) is 5.91 Å². The summed E-state index contributed by atoms with van der Waals surface area (Å²) in [6, 6.07) is 11.9. The molecule has 2 heterocycles. The number of halogens is 2. The molecule has 0 bridgehead atoms. The summed E-state index contributed by atoms with van der Waals surface area (Å²) in [5.41, 5.74) is 1.35. The summed E-state index contributed by atoms with van der Waals surface area (Å²) in [5, 5.41) is 9.00.